The number of aromatic nitrogens is 3. The summed E-state index contributed by atoms with van der Waals surface area (Å²) in [7, 11) is 1.86. The summed E-state index contributed by atoms with van der Waals surface area (Å²) in [4.78, 5) is 10.4. The molecule has 9 nitrogen and oxygen atoms in total. The number of aryl methyl sites for hydroxylation is 1. The third-order valence-electron chi connectivity index (χ3n) is 2.78. The average Bonchev–Trinajstić information content (AvgIpc) is 2.84. The Kier molecular flexibility index (Phi) is 4.11. The topological polar surface area (TPSA) is 124 Å². The zero-order chi connectivity index (χ0) is 14.5. The van der Waals surface area contributed by atoms with Crippen molar-refractivity contribution in [1.29, 1.82) is 0 Å². The highest BCUT2D eigenvalue weighted by Gasteiger charge is 2.09. The van der Waals surface area contributed by atoms with Gasteiger partial charge in [0.2, 0.25) is 0 Å². The smallest absolute Gasteiger partial charge is 0.273 e. The number of nitrogens with two attached hydrogens (primary N) is 1. The average molecular weight is 277 g/mol. The summed E-state index contributed by atoms with van der Waals surface area (Å²) in [6.45, 7) is 0.581. The van der Waals surface area contributed by atoms with Crippen molar-refractivity contribution < 1.29 is 4.92 Å². The third-order valence-corrected chi connectivity index (χ3v) is 2.78. The Morgan fingerprint density at radius 3 is 2.75 bits per heavy atom. The summed E-state index contributed by atoms with van der Waals surface area (Å²) in [6, 6.07) is 4.52. The molecule has 9 heteroatoms. The lowest BCUT2D eigenvalue weighted by molar-refractivity contribution is -0.384. The molecule has 1 aromatic carbocycles. The largest absolute Gasteiger partial charge is 0.384 e. The number of nitrogens with zero attached hydrogens (tertiary/aromatic N) is 4. The predicted octanol–water partition coefficient (Wildman–Crippen LogP) is 0.663. The molecule has 0 atom stereocenters. The predicted molar refractivity (Wildman–Crippen MR) is 74.1 cm³/mol. The highest BCUT2D eigenvalue weighted by molar-refractivity contribution is 5.63. The normalized spacial score (nSPS) is 10.3. The van der Waals surface area contributed by atoms with Crippen LogP contribution in [-0.4, -0.2) is 26.2 Å². The second-order valence-electron chi connectivity index (χ2n) is 4.20. The van der Waals surface area contributed by atoms with E-state index in [9.17, 15) is 10.1 Å². The second kappa shape index (κ2) is 5.97. The number of hydrogen-bond acceptors (Lipinski definition) is 7. The molecule has 0 fully saturated rings. The van der Waals surface area contributed by atoms with Crippen LogP contribution in [0.5, 0.6) is 0 Å². The van der Waals surface area contributed by atoms with Crippen molar-refractivity contribution in [3.63, 3.8) is 0 Å². The Balaban J connectivity index is 2.03. The molecule has 0 bridgehead atoms. The standard InChI is InChI=1S/C11H15N7O2/c1-17-7-14-16-11(17)2-3-13-8-4-9(15-12)6-10(5-8)18(19)20/h4-7,13,15H,2-3,12H2,1H3. The van der Waals surface area contributed by atoms with Crippen molar-refractivity contribution in [1.82, 2.24) is 14.8 Å². The number of non-ortho nitro benzene ring substituents is 1. The molecular weight excluding hydrogens is 262 g/mol. The number of nitro groups is 1. The summed E-state index contributed by atoms with van der Waals surface area (Å²) in [6.07, 6.45) is 2.28. The van der Waals surface area contributed by atoms with E-state index in [1.165, 1.54) is 12.1 Å². The van der Waals surface area contributed by atoms with Crippen LogP contribution in [0.2, 0.25) is 0 Å². The third kappa shape index (κ3) is 3.20. The Morgan fingerprint density at radius 1 is 1.40 bits per heavy atom. The maximum absolute atomic E-state index is 10.8. The van der Waals surface area contributed by atoms with Crippen LogP contribution in [-0.2, 0) is 13.5 Å². The number of rotatable bonds is 6. The number of nitrogens with one attached hydrogen (secondary N) is 2. The maximum Gasteiger partial charge on any atom is 0.273 e. The van der Waals surface area contributed by atoms with E-state index in [4.69, 9.17) is 5.84 Å². The molecule has 20 heavy (non-hydrogen) atoms. The molecule has 1 aromatic heterocycles. The minimum atomic E-state index is -0.464. The van der Waals surface area contributed by atoms with Crippen LogP contribution in [0.1, 0.15) is 5.82 Å². The van der Waals surface area contributed by atoms with Gasteiger partial charge in [-0.1, -0.05) is 0 Å². The fourth-order valence-corrected chi connectivity index (χ4v) is 1.75. The van der Waals surface area contributed by atoms with Gasteiger partial charge in [0, 0.05) is 37.8 Å². The lowest BCUT2D eigenvalue weighted by atomic mass is 10.2. The van der Waals surface area contributed by atoms with Gasteiger partial charge < -0.3 is 15.3 Å². The van der Waals surface area contributed by atoms with Crippen LogP contribution in [0.25, 0.3) is 0 Å². The summed E-state index contributed by atoms with van der Waals surface area (Å²) < 4.78 is 1.82. The molecule has 0 saturated carbocycles. The van der Waals surface area contributed by atoms with E-state index >= 15 is 0 Å². The lowest BCUT2D eigenvalue weighted by Gasteiger charge is -2.08. The van der Waals surface area contributed by atoms with E-state index in [1.54, 1.807) is 12.4 Å². The molecule has 0 spiro atoms. The highest BCUT2D eigenvalue weighted by Crippen LogP contribution is 2.23. The van der Waals surface area contributed by atoms with Gasteiger partial charge in [0.15, 0.2) is 0 Å². The number of benzene rings is 1. The van der Waals surface area contributed by atoms with E-state index in [1.807, 2.05) is 11.6 Å². The van der Waals surface area contributed by atoms with Gasteiger partial charge in [0.05, 0.1) is 10.6 Å². The molecule has 0 unspecified atom stereocenters. The van der Waals surface area contributed by atoms with Crippen LogP contribution in [0.4, 0.5) is 17.1 Å². The molecule has 0 saturated heterocycles. The summed E-state index contributed by atoms with van der Waals surface area (Å²) in [5.74, 6) is 6.12. The van der Waals surface area contributed by atoms with Crippen LogP contribution in [0, 0.1) is 10.1 Å². The Labute approximate surface area is 114 Å². The number of hydrogen-bond donors (Lipinski definition) is 3. The van der Waals surface area contributed by atoms with E-state index in [0.29, 0.717) is 24.3 Å². The second-order valence-corrected chi connectivity index (χ2v) is 4.20. The summed E-state index contributed by atoms with van der Waals surface area (Å²) in [5.41, 5.74) is 3.47. The van der Waals surface area contributed by atoms with E-state index in [0.717, 1.165) is 5.82 Å². The molecule has 4 N–H and O–H groups in total. The molecule has 2 aromatic rings. The van der Waals surface area contributed by atoms with Crippen molar-refractivity contribution in [3.05, 3.63) is 40.5 Å². The summed E-state index contributed by atoms with van der Waals surface area (Å²) in [5, 5.41) is 21.7. The molecule has 0 aliphatic rings. The number of hydrazine groups is 1. The van der Waals surface area contributed by atoms with Gasteiger partial charge in [-0.25, -0.2) is 0 Å². The van der Waals surface area contributed by atoms with Gasteiger partial charge in [-0.15, -0.1) is 10.2 Å². The van der Waals surface area contributed by atoms with Gasteiger partial charge in [0.1, 0.15) is 12.2 Å². The van der Waals surface area contributed by atoms with Gasteiger partial charge in [0.25, 0.3) is 5.69 Å². The van der Waals surface area contributed by atoms with Crippen molar-refractivity contribution in [3.8, 4) is 0 Å². The summed E-state index contributed by atoms with van der Waals surface area (Å²) >= 11 is 0. The number of nitro benzene ring substituents is 1. The molecule has 0 radical (unpaired) electrons. The zero-order valence-corrected chi connectivity index (χ0v) is 10.9. The van der Waals surface area contributed by atoms with Crippen molar-refractivity contribution >= 4 is 17.1 Å². The molecule has 0 aliphatic heterocycles. The first kappa shape index (κ1) is 13.7. The molecular formula is C11H15N7O2. The first-order valence-electron chi connectivity index (χ1n) is 5.93. The number of anilines is 2. The van der Waals surface area contributed by atoms with Crippen molar-refractivity contribution in [2.75, 3.05) is 17.3 Å². The van der Waals surface area contributed by atoms with E-state index in [2.05, 4.69) is 20.9 Å². The molecule has 2 rings (SSSR count). The van der Waals surface area contributed by atoms with Crippen LogP contribution in [0.15, 0.2) is 24.5 Å². The highest BCUT2D eigenvalue weighted by atomic mass is 16.6. The van der Waals surface area contributed by atoms with E-state index < -0.39 is 4.92 Å². The Hall–Kier alpha value is -2.68. The van der Waals surface area contributed by atoms with Gasteiger partial charge in [-0.2, -0.15) is 0 Å². The number of nitrogen functional groups attached to an aromatic ring is 1. The Bertz CT molecular complexity index is 611. The fourth-order valence-electron chi connectivity index (χ4n) is 1.75. The Morgan fingerprint density at radius 2 is 2.15 bits per heavy atom. The van der Waals surface area contributed by atoms with E-state index in [-0.39, 0.29) is 5.69 Å². The molecule has 0 amide bonds. The minimum absolute atomic E-state index is 0.0263. The molecule has 106 valence electrons. The first-order chi connectivity index (χ1) is 9.60. The van der Waals surface area contributed by atoms with Crippen LogP contribution in [0.3, 0.4) is 0 Å². The van der Waals surface area contributed by atoms with Gasteiger partial charge >= 0.3 is 0 Å². The van der Waals surface area contributed by atoms with Crippen molar-refractivity contribution in [2.24, 2.45) is 12.9 Å². The quantitative estimate of drug-likeness (QED) is 0.402. The molecule has 0 aliphatic carbocycles. The monoisotopic (exact) mass is 277 g/mol. The first-order valence-corrected chi connectivity index (χ1v) is 5.93. The van der Waals surface area contributed by atoms with Gasteiger partial charge in [-0.05, 0) is 6.07 Å². The SMILES string of the molecule is Cn1cnnc1CCNc1cc(NN)cc([N+](=O)[O-])c1. The molecule has 1 heterocycles. The van der Waals surface area contributed by atoms with Gasteiger partial charge in [-0.3, -0.25) is 16.0 Å². The van der Waals surface area contributed by atoms with Crippen LogP contribution < -0.4 is 16.6 Å². The van der Waals surface area contributed by atoms with Crippen LogP contribution >= 0.6 is 0 Å². The lowest BCUT2D eigenvalue weighted by Crippen LogP contribution is -2.10. The maximum atomic E-state index is 10.8. The minimum Gasteiger partial charge on any atom is -0.384 e. The fraction of sp³-hybridized carbons (Fsp3) is 0.273. The van der Waals surface area contributed by atoms with Crippen molar-refractivity contribution in [2.45, 2.75) is 6.42 Å². The zero-order valence-electron chi connectivity index (χ0n) is 10.9.